The van der Waals surface area contributed by atoms with Crippen LogP contribution >= 0.6 is 11.3 Å². The molecule has 1 aromatic rings. The lowest BCUT2D eigenvalue weighted by Gasteiger charge is -2.34. The third-order valence-corrected chi connectivity index (χ3v) is 3.96. The van der Waals surface area contributed by atoms with Gasteiger partial charge in [-0.15, -0.1) is 0 Å². The average Bonchev–Trinajstić information content (AvgIpc) is 2.86. The lowest BCUT2D eigenvalue weighted by Crippen LogP contribution is -2.46. The van der Waals surface area contributed by atoms with Crippen molar-refractivity contribution < 1.29 is 14.8 Å². The van der Waals surface area contributed by atoms with Gasteiger partial charge in [-0.3, -0.25) is 19.8 Å². The molecule has 104 valence electrons. The molecule has 1 aromatic heterocycles. The number of hydrogen-bond donors (Lipinski definition) is 1. The number of aliphatic carboxylic acids is 1. The van der Waals surface area contributed by atoms with Crippen LogP contribution in [0.4, 0.5) is 10.1 Å². The van der Waals surface area contributed by atoms with Crippen molar-refractivity contribution >= 4 is 27.4 Å². The molecule has 0 radical (unpaired) electrons. The van der Waals surface area contributed by atoms with Gasteiger partial charge in [0.05, 0.1) is 11.3 Å². The zero-order chi connectivity index (χ0) is 13.8. The van der Waals surface area contributed by atoms with E-state index in [2.05, 4.69) is 9.88 Å². The molecule has 1 N–H and O–H groups in total. The average molecular weight is 286 g/mol. The minimum absolute atomic E-state index is 0.0447. The van der Waals surface area contributed by atoms with Gasteiger partial charge in [-0.1, -0.05) is 0 Å². The van der Waals surface area contributed by atoms with Gasteiger partial charge in [0.2, 0.25) is 0 Å². The van der Waals surface area contributed by atoms with Crippen LogP contribution < -0.4 is 4.90 Å². The molecule has 1 aliphatic heterocycles. The Kier molecular flexibility index (Phi) is 4.27. The molecule has 0 unspecified atom stereocenters. The number of nitrogens with zero attached hydrogens (tertiary/aromatic N) is 4. The number of hydrogen-bond acceptors (Lipinski definition) is 7. The molecule has 1 fully saturated rings. The maximum absolute atomic E-state index is 10.6. The molecule has 0 spiro atoms. The lowest BCUT2D eigenvalue weighted by molar-refractivity contribution is -0.380. The smallest absolute Gasteiger partial charge is 0.345 e. The lowest BCUT2D eigenvalue weighted by atomic mass is 10.3. The second-order valence-electron chi connectivity index (χ2n) is 4.21. The van der Waals surface area contributed by atoms with E-state index >= 15 is 0 Å². The third kappa shape index (κ3) is 3.61. The number of anilines is 1. The largest absolute Gasteiger partial charge is 0.481 e. The van der Waals surface area contributed by atoms with Crippen LogP contribution in [0.5, 0.6) is 0 Å². The van der Waals surface area contributed by atoms with E-state index in [9.17, 15) is 14.9 Å². The van der Waals surface area contributed by atoms with E-state index in [0.29, 0.717) is 24.8 Å². The molecule has 19 heavy (non-hydrogen) atoms. The van der Waals surface area contributed by atoms with Crippen molar-refractivity contribution in [1.82, 2.24) is 9.88 Å². The minimum atomic E-state index is -0.794. The van der Waals surface area contributed by atoms with E-state index in [1.807, 2.05) is 4.90 Å². The predicted octanol–water partition coefficient (Wildman–Crippen LogP) is 0.648. The quantitative estimate of drug-likeness (QED) is 0.626. The van der Waals surface area contributed by atoms with Crippen LogP contribution in [0, 0.1) is 10.1 Å². The van der Waals surface area contributed by atoms with Crippen molar-refractivity contribution in [3.05, 3.63) is 16.3 Å². The fourth-order valence-corrected chi connectivity index (χ4v) is 2.69. The molecule has 0 saturated carbocycles. The van der Waals surface area contributed by atoms with E-state index in [1.54, 1.807) is 0 Å². The summed E-state index contributed by atoms with van der Waals surface area (Å²) in [5, 5.41) is 19.9. The van der Waals surface area contributed by atoms with Gasteiger partial charge >= 0.3 is 11.0 Å². The van der Waals surface area contributed by atoms with Crippen LogP contribution in [0.1, 0.15) is 6.42 Å². The Morgan fingerprint density at radius 1 is 1.47 bits per heavy atom. The summed E-state index contributed by atoms with van der Waals surface area (Å²) >= 11 is 1.07. The molecule has 8 nitrogen and oxygen atoms in total. The first-order valence-electron chi connectivity index (χ1n) is 5.85. The molecule has 2 rings (SSSR count). The highest BCUT2D eigenvalue weighted by Gasteiger charge is 2.21. The zero-order valence-corrected chi connectivity index (χ0v) is 11.0. The molecule has 1 aliphatic rings. The van der Waals surface area contributed by atoms with Gasteiger partial charge in [0.25, 0.3) is 0 Å². The summed E-state index contributed by atoms with van der Waals surface area (Å²) in [5.74, 6) is -0.794. The Labute approximate surface area is 113 Å². The number of nitro groups is 1. The first-order chi connectivity index (χ1) is 9.06. The van der Waals surface area contributed by atoms with E-state index in [4.69, 9.17) is 5.11 Å². The molecule has 1 saturated heterocycles. The summed E-state index contributed by atoms with van der Waals surface area (Å²) in [5.41, 5.74) is 0. The molecule has 0 bridgehead atoms. The molecule has 0 atom stereocenters. The van der Waals surface area contributed by atoms with Gasteiger partial charge in [0, 0.05) is 32.7 Å². The molecule has 0 aliphatic carbocycles. The highest BCUT2D eigenvalue weighted by molar-refractivity contribution is 7.18. The standard InChI is InChI=1S/C10H14N4O4S/c15-9(16)1-2-12-3-5-13(6-4-12)10-11-7-8(19-10)14(17)18/h7H,1-6H2,(H,15,16). The normalized spacial score (nSPS) is 16.5. The minimum Gasteiger partial charge on any atom is -0.481 e. The van der Waals surface area contributed by atoms with Gasteiger partial charge in [-0.05, 0) is 11.3 Å². The summed E-state index contributed by atoms with van der Waals surface area (Å²) in [7, 11) is 0. The van der Waals surface area contributed by atoms with Crippen LogP contribution in [0.3, 0.4) is 0 Å². The number of thiazole rings is 1. The molecule has 0 aromatic carbocycles. The molecule has 2 heterocycles. The van der Waals surface area contributed by atoms with E-state index < -0.39 is 10.9 Å². The second-order valence-corrected chi connectivity index (χ2v) is 5.20. The van der Waals surface area contributed by atoms with Crippen molar-refractivity contribution in [2.75, 3.05) is 37.6 Å². The fraction of sp³-hybridized carbons (Fsp3) is 0.600. The Bertz CT molecular complexity index is 470. The van der Waals surface area contributed by atoms with Gasteiger partial charge in [0.1, 0.15) is 6.20 Å². The highest BCUT2D eigenvalue weighted by atomic mass is 32.1. The molecular formula is C10H14N4O4S. The van der Waals surface area contributed by atoms with Crippen molar-refractivity contribution in [2.24, 2.45) is 0 Å². The molecule has 9 heteroatoms. The van der Waals surface area contributed by atoms with Crippen LogP contribution in [0.2, 0.25) is 0 Å². The molecular weight excluding hydrogens is 272 g/mol. The Balaban J connectivity index is 1.85. The molecule has 0 amide bonds. The summed E-state index contributed by atoms with van der Waals surface area (Å²) in [6, 6.07) is 0. The number of carboxylic acid groups (broad SMARTS) is 1. The van der Waals surface area contributed by atoms with Gasteiger partial charge in [-0.2, -0.15) is 0 Å². The topological polar surface area (TPSA) is 99.8 Å². The Morgan fingerprint density at radius 3 is 2.68 bits per heavy atom. The van der Waals surface area contributed by atoms with Crippen LogP contribution in [0.25, 0.3) is 0 Å². The van der Waals surface area contributed by atoms with Crippen molar-refractivity contribution in [1.29, 1.82) is 0 Å². The van der Waals surface area contributed by atoms with Crippen LogP contribution in [-0.2, 0) is 4.79 Å². The maximum Gasteiger partial charge on any atom is 0.345 e. The summed E-state index contributed by atoms with van der Waals surface area (Å²) in [6.45, 7) is 3.47. The first kappa shape index (κ1) is 13.7. The second kappa shape index (κ2) is 5.93. The fourth-order valence-electron chi connectivity index (χ4n) is 1.90. The van der Waals surface area contributed by atoms with Crippen molar-refractivity contribution in [3.8, 4) is 0 Å². The maximum atomic E-state index is 10.6. The number of rotatable bonds is 5. The Hall–Kier alpha value is -1.74. The number of carbonyl (C=O) groups is 1. The summed E-state index contributed by atoms with van der Waals surface area (Å²) in [4.78, 5) is 28.8. The SMILES string of the molecule is O=C(O)CCN1CCN(c2ncc([N+](=O)[O-])s2)CC1. The van der Waals surface area contributed by atoms with Gasteiger partial charge in [0.15, 0.2) is 5.13 Å². The van der Waals surface area contributed by atoms with E-state index in [0.717, 1.165) is 24.4 Å². The van der Waals surface area contributed by atoms with E-state index in [1.165, 1.54) is 6.20 Å². The summed E-state index contributed by atoms with van der Waals surface area (Å²) in [6.07, 6.45) is 1.42. The first-order valence-corrected chi connectivity index (χ1v) is 6.67. The highest BCUT2D eigenvalue weighted by Crippen LogP contribution is 2.28. The van der Waals surface area contributed by atoms with Crippen LogP contribution in [0.15, 0.2) is 6.20 Å². The van der Waals surface area contributed by atoms with Gasteiger partial charge in [-0.25, -0.2) is 4.98 Å². The van der Waals surface area contributed by atoms with Crippen molar-refractivity contribution in [3.63, 3.8) is 0 Å². The number of piperazine rings is 1. The van der Waals surface area contributed by atoms with Crippen molar-refractivity contribution in [2.45, 2.75) is 6.42 Å². The summed E-state index contributed by atoms with van der Waals surface area (Å²) < 4.78 is 0. The third-order valence-electron chi connectivity index (χ3n) is 2.95. The van der Waals surface area contributed by atoms with E-state index in [-0.39, 0.29) is 11.4 Å². The van der Waals surface area contributed by atoms with Gasteiger partial charge < -0.3 is 10.0 Å². The Morgan fingerprint density at radius 2 is 2.16 bits per heavy atom. The monoisotopic (exact) mass is 286 g/mol. The predicted molar refractivity (Wildman–Crippen MR) is 69.7 cm³/mol. The van der Waals surface area contributed by atoms with Crippen LogP contribution in [-0.4, -0.2) is 58.6 Å². The zero-order valence-electron chi connectivity index (χ0n) is 10.2. The number of aromatic nitrogens is 1. The number of carboxylic acids is 1.